The number of rotatable bonds is 5. The Morgan fingerprint density at radius 1 is 1.26 bits per heavy atom. The molecule has 10 heteroatoms. The summed E-state index contributed by atoms with van der Waals surface area (Å²) in [4.78, 5) is 25.4. The molecule has 1 atom stereocenters. The number of aromatic nitrogens is 1. The molecule has 0 amide bonds. The molecule has 1 aromatic heterocycles. The van der Waals surface area contributed by atoms with E-state index in [1.54, 1.807) is 39.8 Å². The number of ether oxygens (including phenoxy) is 1. The van der Waals surface area contributed by atoms with E-state index in [9.17, 15) is 14.2 Å². The van der Waals surface area contributed by atoms with Gasteiger partial charge in [-0.1, -0.05) is 17.7 Å². The molecule has 0 spiro atoms. The third kappa shape index (κ3) is 4.94. The quantitative estimate of drug-likeness (QED) is 0.243. The highest BCUT2D eigenvalue weighted by Crippen LogP contribution is 2.48. The van der Waals surface area contributed by atoms with Crippen molar-refractivity contribution in [2.24, 2.45) is 0 Å². The molecule has 3 rings (SSSR count). The fourth-order valence-electron chi connectivity index (χ4n) is 3.74. The Bertz CT molecular complexity index is 1460. The molecule has 0 aliphatic heterocycles. The van der Waals surface area contributed by atoms with E-state index >= 15 is 4.39 Å². The van der Waals surface area contributed by atoms with Gasteiger partial charge in [0.15, 0.2) is 12.1 Å². The second-order valence-corrected chi connectivity index (χ2v) is 11.6. The minimum Gasteiger partial charge on any atom is -0.443 e. The van der Waals surface area contributed by atoms with Gasteiger partial charge in [0.2, 0.25) is 0 Å². The van der Waals surface area contributed by atoms with E-state index in [0.29, 0.717) is 17.4 Å². The summed E-state index contributed by atoms with van der Waals surface area (Å²) >= 11 is 6.04. The van der Waals surface area contributed by atoms with Gasteiger partial charge in [0.25, 0.3) is 7.37 Å². The van der Waals surface area contributed by atoms with E-state index in [-0.39, 0.29) is 32.2 Å². The first kappa shape index (κ1) is 26.4. The molecule has 0 radical (unpaired) electrons. The van der Waals surface area contributed by atoms with E-state index in [1.165, 1.54) is 37.5 Å². The lowest BCUT2D eigenvalue weighted by atomic mass is 10.1. The number of benzene rings is 2. The number of hydrogen-bond donors (Lipinski definition) is 0. The minimum atomic E-state index is -4.18. The van der Waals surface area contributed by atoms with Gasteiger partial charge in [-0.15, -0.1) is 0 Å². The molecule has 0 aliphatic carbocycles. The number of aldehydes is 1. The van der Waals surface area contributed by atoms with Crippen molar-refractivity contribution < 1.29 is 27.8 Å². The number of nitrogens with zero attached hydrogens (tertiary/aromatic N) is 2. The Labute approximate surface area is 207 Å². The fourth-order valence-corrected chi connectivity index (χ4v) is 6.21. The maximum Gasteiger partial charge on any atom is 0.419 e. The number of hydrogen-bond acceptors (Lipinski definition) is 6. The highest BCUT2D eigenvalue weighted by atomic mass is 35.5. The van der Waals surface area contributed by atoms with Crippen LogP contribution in [0.15, 0.2) is 36.4 Å². The van der Waals surface area contributed by atoms with Gasteiger partial charge in [0.05, 0.1) is 27.3 Å². The predicted molar refractivity (Wildman–Crippen MR) is 134 cm³/mol. The summed E-state index contributed by atoms with van der Waals surface area (Å²) in [6.45, 7) is 6.66. The molecule has 2 aromatic carbocycles. The first-order chi connectivity index (χ1) is 16.4. The molecule has 35 heavy (non-hydrogen) atoms. The molecule has 0 aliphatic rings. The lowest BCUT2D eigenvalue weighted by molar-refractivity contribution is 0.0539. The molecule has 3 aromatic rings. The molecule has 0 fully saturated rings. The van der Waals surface area contributed by atoms with Crippen molar-refractivity contribution in [2.75, 3.05) is 7.11 Å². The van der Waals surface area contributed by atoms with Crippen LogP contribution in [0.4, 0.5) is 9.18 Å². The monoisotopic (exact) mass is 516 g/mol. The Morgan fingerprint density at radius 2 is 1.94 bits per heavy atom. The van der Waals surface area contributed by atoms with Crippen LogP contribution in [-0.4, -0.2) is 29.7 Å². The summed E-state index contributed by atoms with van der Waals surface area (Å²) < 4.78 is 41.8. The second-order valence-electron chi connectivity index (χ2n) is 8.72. The fraction of sp³-hybridized carbons (Fsp3) is 0.240. The molecule has 7 nitrogen and oxygen atoms in total. The third-order valence-corrected chi connectivity index (χ3v) is 7.83. The van der Waals surface area contributed by atoms with E-state index in [2.05, 4.69) is 0 Å². The van der Waals surface area contributed by atoms with Crippen molar-refractivity contribution in [1.29, 1.82) is 5.26 Å². The number of carbonyl (C=O) groups is 2. The van der Waals surface area contributed by atoms with Gasteiger partial charge < -0.3 is 9.26 Å². The molecule has 182 valence electrons. The smallest absolute Gasteiger partial charge is 0.419 e. The van der Waals surface area contributed by atoms with Gasteiger partial charge >= 0.3 is 6.09 Å². The normalized spacial score (nSPS) is 13.5. The molecule has 1 heterocycles. The van der Waals surface area contributed by atoms with Crippen LogP contribution in [-0.2, 0) is 13.8 Å². The summed E-state index contributed by atoms with van der Waals surface area (Å²) in [7, 11) is -3.01. The van der Waals surface area contributed by atoms with Crippen LogP contribution in [0.5, 0.6) is 0 Å². The van der Waals surface area contributed by atoms with E-state index in [0.717, 1.165) is 4.57 Å². The zero-order chi connectivity index (χ0) is 26.1. The van der Waals surface area contributed by atoms with Crippen LogP contribution in [0.25, 0.3) is 17.0 Å². The average molecular weight is 517 g/mol. The Balaban J connectivity index is 2.47. The number of allylic oxidation sites excluding steroid dienone is 1. The Morgan fingerprint density at radius 3 is 2.51 bits per heavy atom. The number of aryl methyl sites for hydroxylation is 1. The molecular formula is C25H23ClFN2O5P. The summed E-state index contributed by atoms with van der Waals surface area (Å²) in [6.07, 6.45) is 2.12. The molecule has 0 N–H and O–H groups in total. The zero-order valence-electron chi connectivity index (χ0n) is 19.8. The van der Waals surface area contributed by atoms with Crippen molar-refractivity contribution in [3.05, 3.63) is 64.1 Å². The predicted octanol–water partition coefficient (Wildman–Crippen LogP) is 5.75. The van der Waals surface area contributed by atoms with Crippen molar-refractivity contribution in [2.45, 2.75) is 33.3 Å². The van der Waals surface area contributed by atoms with Crippen molar-refractivity contribution in [3.63, 3.8) is 0 Å². The third-order valence-electron chi connectivity index (χ3n) is 5.05. The van der Waals surface area contributed by atoms with Gasteiger partial charge in [0, 0.05) is 18.5 Å². The second kappa shape index (κ2) is 9.79. The molecule has 1 unspecified atom stereocenters. The summed E-state index contributed by atoms with van der Waals surface area (Å²) in [5.74, 6) is -0.959. The molecule has 0 bridgehead atoms. The largest absolute Gasteiger partial charge is 0.443 e. The van der Waals surface area contributed by atoms with E-state index in [1.807, 2.05) is 6.07 Å². The number of halogens is 2. The molecular weight excluding hydrogens is 494 g/mol. The maximum atomic E-state index is 15.5. The van der Waals surface area contributed by atoms with Crippen LogP contribution in [0.2, 0.25) is 5.02 Å². The molecule has 0 saturated heterocycles. The van der Waals surface area contributed by atoms with Crippen molar-refractivity contribution in [1.82, 2.24) is 4.57 Å². The standard InChI is InChI=1S/C25H23ClFN2O5P/c1-15-11-16(7-6-10-28)13-17(12-15)35(32,33-5)23-20(14-30)29(24(31)34-25(2,3)4)19-9-8-18(26)22(27)21(19)23/h6-9,11-14H,1-5H3/b7-6+. The first-order valence-corrected chi connectivity index (χ1v) is 12.4. The highest BCUT2D eigenvalue weighted by Gasteiger charge is 2.39. The van der Waals surface area contributed by atoms with Crippen LogP contribution >= 0.6 is 19.0 Å². The lowest BCUT2D eigenvalue weighted by Gasteiger charge is -2.21. The Hall–Kier alpha value is -3.24. The number of carbonyl (C=O) groups excluding carboxylic acids is 2. The highest BCUT2D eigenvalue weighted by molar-refractivity contribution is 7.75. The van der Waals surface area contributed by atoms with Crippen molar-refractivity contribution >= 4 is 58.9 Å². The van der Waals surface area contributed by atoms with Gasteiger partial charge in [-0.3, -0.25) is 9.36 Å². The van der Waals surface area contributed by atoms with Crippen molar-refractivity contribution in [3.8, 4) is 6.07 Å². The zero-order valence-corrected chi connectivity index (χ0v) is 21.4. The summed E-state index contributed by atoms with van der Waals surface area (Å²) in [5, 5.41) is 8.13. The summed E-state index contributed by atoms with van der Waals surface area (Å²) in [6, 6.07) is 9.29. The molecule has 0 saturated carbocycles. The van der Waals surface area contributed by atoms with Crippen LogP contribution < -0.4 is 10.6 Å². The van der Waals surface area contributed by atoms with E-state index < -0.39 is 24.9 Å². The average Bonchev–Trinajstić information content (AvgIpc) is 3.13. The maximum absolute atomic E-state index is 15.5. The number of nitriles is 1. The van der Waals surface area contributed by atoms with Crippen LogP contribution in [0.3, 0.4) is 0 Å². The van der Waals surface area contributed by atoms with E-state index in [4.69, 9.17) is 26.1 Å². The van der Waals surface area contributed by atoms with Gasteiger partial charge in [-0.25, -0.2) is 13.8 Å². The first-order valence-electron chi connectivity index (χ1n) is 10.4. The van der Waals surface area contributed by atoms with Gasteiger partial charge in [0.1, 0.15) is 11.3 Å². The Kier molecular flexibility index (Phi) is 7.37. The van der Waals surface area contributed by atoms with Crippen LogP contribution in [0.1, 0.15) is 42.4 Å². The lowest BCUT2D eigenvalue weighted by Crippen LogP contribution is -2.29. The van der Waals surface area contributed by atoms with Gasteiger partial charge in [-0.2, -0.15) is 5.26 Å². The topological polar surface area (TPSA) is 98.4 Å². The van der Waals surface area contributed by atoms with Gasteiger partial charge in [-0.05, 0) is 69.2 Å². The minimum absolute atomic E-state index is 0.0484. The number of fused-ring (bicyclic) bond motifs is 1. The van der Waals surface area contributed by atoms with Crippen LogP contribution in [0, 0.1) is 24.1 Å². The summed E-state index contributed by atoms with van der Waals surface area (Å²) in [5.41, 5.74) is -0.133. The SMILES string of the molecule is COP(=O)(c1cc(C)cc(/C=C/C#N)c1)c1c(C=O)n(C(=O)OC(C)(C)C)c2ccc(Cl)c(F)c12.